The first kappa shape index (κ1) is 19.2. The molecule has 0 aromatic heterocycles. The maximum absolute atomic E-state index is 13.1. The quantitative estimate of drug-likeness (QED) is 0.741. The van der Waals surface area contributed by atoms with Gasteiger partial charge in [0.25, 0.3) is 5.91 Å². The van der Waals surface area contributed by atoms with Crippen LogP contribution in [0.1, 0.15) is 42.9 Å². The van der Waals surface area contributed by atoms with E-state index in [0.717, 1.165) is 35.4 Å². The normalized spacial score (nSPS) is 20.5. The molecule has 1 aliphatic carbocycles. The Labute approximate surface area is 170 Å². The van der Waals surface area contributed by atoms with Crippen molar-refractivity contribution in [2.45, 2.75) is 44.6 Å². The van der Waals surface area contributed by atoms with Crippen LogP contribution in [0, 0.1) is 0 Å². The Hall–Kier alpha value is -3.15. The van der Waals surface area contributed by atoms with Gasteiger partial charge in [0.15, 0.2) is 0 Å². The minimum absolute atomic E-state index is 0.0516. The van der Waals surface area contributed by atoms with Crippen molar-refractivity contribution < 1.29 is 14.4 Å². The van der Waals surface area contributed by atoms with Gasteiger partial charge in [-0.3, -0.25) is 14.5 Å². The molecule has 2 aliphatic rings. The van der Waals surface area contributed by atoms with Gasteiger partial charge in [0.2, 0.25) is 5.91 Å². The predicted molar refractivity (Wildman–Crippen MR) is 110 cm³/mol. The highest BCUT2D eigenvalue weighted by Gasteiger charge is 2.50. The van der Waals surface area contributed by atoms with Crippen LogP contribution >= 0.6 is 0 Å². The fourth-order valence-electron chi connectivity index (χ4n) is 4.28. The highest BCUT2D eigenvalue weighted by molar-refractivity contribution is 6.07. The number of carbonyl (C=O) groups is 3. The number of imide groups is 1. The van der Waals surface area contributed by atoms with Crippen LogP contribution in [0.4, 0.5) is 10.5 Å². The second-order valence-corrected chi connectivity index (χ2v) is 7.65. The molecule has 0 saturated carbocycles. The fraction of sp³-hybridized carbons (Fsp3) is 0.348. The summed E-state index contributed by atoms with van der Waals surface area (Å²) < 4.78 is 0. The van der Waals surface area contributed by atoms with Crippen molar-refractivity contribution in [2.24, 2.45) is 0 Å². The minimum Gasteiger partial charge on any atom is -0.326 e. The molecule has 4 amide bonds. The van der Waals surface area contributed by atoms with Gasteiger partial charge in [0, 0.05) is 18.7 Å². The lowest BCUT2D eigenvalue weighted by molar-refractivity contribution is -0.132. The topological polar surface area (TPSA) is 78.5 Å². The molecule has 150 valence electrons. The van der Waals surface area contributed by atoms with Crippen molar-refractivity contribution in [1.29, 1.82) is 0 Å². The summed E-state index contributed by atoms with van der Waals surface area (Å²) in [6.07, 6.45) is 3.79. The van der Waals surface area contributed by atoms with E-state index in [0.29, 0.717) is 6.42 Å². The Kier molecular flexibility index (Phi) is 5.09. The Morgan fingerprint density at radius 1 is 1.10 bits per heavy atom. The van der Waals surface area contributed by atoms with Crippen LogP contribution in [-0.2, 0) is 28.0 Å². The molecule has 2 aromatic rings. The van der Waals surface area contributed by atoms with E-state index in [9.17, 15) is 14.4 Å². The third-order valence-corrected chi connectivity index (χ3v) is 5.92. The summed E-state index contributed by atoms with van der Waals surface area (Å²) in [7, 11) is 0. The third-order valence-electron chi connectivity index (χ3n) is 5.92. The van der Waals surface area contributed by atoms with Crippen LogP contribution < -0.4 is 10.6 Å². The molecule has 1 atom stereocenters. The summed E-state index contributed by atoms with van der Waals surface area (Å²) in [6, 6.07) is 14.8. The third kappa shape index (κ3) is 3.50. The molecule has 6 heteroatoms. The van der Waals surface area contributed by atoms with Gasteiger partial charge in [-0.25, -0.2) is 4.79 Å². The second-order valence-electron chi connectivity index (χ2n) is 7.65. The van der Waals surface area contributed by atoms with Crippen LogP contribution in [0.5, 0.6) is 0 Å². The Bertz CT molecular complexity index is 957. The zero-order chi connectivity index (χ0) is 20.4. The Morgan fingerprint density at radius 3 is 2.62 bits per heavy atom. The number of aryl methyl sites for hydroxylation is 2. The van der Waals surface area contributed by atoms with Gasteiger partial charge in [-0.1, -0.05) is 43.3 Å². The predicted octanol–water partition coefficient (Wildman–Crippen LogP) is 3.36. The molecule has 1 saturated heterocycles. The molecule has 1 aliphatic heterocycles. The van der Waals surface area contributed by atoms with Crippen molar-refractivity contribution in [3.63, 3.8) is 0 Å². The first-order chi connectivity index (χ1) is 14.0. The number of carbonyl (C=O) groups excluding carboxylic acids is 3. The standard InChI is InChI=1S/C23H25N3O3/c1-2-23(18-9-4-3-5-10-18)21(28)26(22(29)25-23)14-13-20(27)24-19-12-11-16-7-6-8-17(16)15-19/h3-5,9-12,15H,2,6-8,13-14H2,1H3,(H,24,27)(H,25,29). The molecule has 6 nitrogen and oxygen atoms in total. The number of nitrogens with one attached hydrogen (secondary N) is 2. The largest absolute Gasteiger partial charge is 0.326 e. The van der Waals surface area contributed by atoms with Crippen LogP contribution in [-0.4, -0.2) is 29.3 Å². The first-order valence-corrected chi connectivity index (χ1v) is 10.1. The highest BCUT2D eigenvalue weighted by atomic mass is 16.2. The van der Waals surface area contributed by atoms with E-state index in [1.165, 1.54) is 11.1 Å². The number of fused-ring (bicyclic) bond motifs is 1. The van der Waals surface area contributed by atoms with E-state index in [-0.39, 0.29) is 24.8 Å². The zero-order valence-electron chi connectivity index (χ0n) is 16.5. The van der Waals surface area contributed by atoms with Crippen molar-refractivity contribution in [3.05, 3.63) is 65.2 Å². The summed E-state index contributed by atoms with van der Waals surface area (Å²) in [5, 5.41) is 5.72. The molecular formula is C23H25N3O3. The van der Waals surface area contributed by atoms with Gasteiger partial charge in [0.1, 0.15) is 5.54 Å². The maximum atomic E-state index is 13.1. The number of anilines is 1. The SMILES string of the molecule is CCC1(c2ccccc2)NC(=O)N(CCC(=O)Nc2ccc3c(c2)CCC3)C1=O. The average Bonchev–Trinajstić information content (AvgIpc) is 3.29. The molecule has 2 aromatic carbocycles. The summed E-state index contributed by atoms with van der Waals surface area (Å²) in [5.41, 5.74) is 3.09. The molecular weight excluding hydrogens is 366 g/mol. The van der Waals surface area contributed by atoms with Crippen molar-refractivity contribution in [3.8, 4) is 0 Å². The van der Waals surface area contributed by atoms with Gasteiger partial charge in [-0.05, 0) is 54.5 Å². The van der Waals surface area contributed by atoms with Gasteiger partial charge in [-0.15, -0.1) is 0 Å². The monoisotopic (exact) mass is 391 g/mol. The van der Waals surface area contributed by atoms with E-state index < -0.39 is 11.6 Å². The molecule has 0 spiro atoms. The lowest BCUT2D eigenvalue weighted by Gasteiger charge is -2.25. The zero-order valence-corrected chi connectivity index (χ0v) is 16.5. The number of rotatable bonds is 6. The molecule has 4 rings (SSSR count). The van der Waals surface area contributed by atoms with Crippen LogP contribution in [0.2, 0.25) is 0 Å². The molecule has 0 bridgehead atoms. The molecule has 2 N–H and O–H groups in total. The Morgan fingerprint density at radius 2 is 1.86 bits per heavy atom. The Balaban J connectivity index is 1.41. The average molecular weight is 391 g/mol. The lowest BCUT2D eigenvalue weighted by Crippen LogP contribution is -2.43. The van der Waals surface area contributed by atoms with Gasteiger partial charge >= 0.3 is 6.03 Å². The maximum Gasteiger partial charge on any atom is 0.325 e. The molecule has 1 fully saturated rings. The highest BCUT2D eigenvalue weighted by Crippen LogP contribution is 2.32. The number of urea groups is 1. The van der Waals surface area contributed by atoms with Gasteiger partial charge in [-0.2, -0.15) is 0 Å². The number of hydrogen-bond donors (Lipinski definition) is 2. The van der Waals surface area contributed by atoms with Crippen molar-refractivity contribution >= 4 is 23.5 Å². The van der Waals surface area contributed by atoms with Crippen LogP contribution in [0.15, 0.2) is 48.5 Å². The fourth-order valence-corrected chi connectivity index (χ4v) is 4.28. The number of amides is 4. The second kappa shape index (κ2) is 7.70. The smallest absolute Gasteiger partial charge is 0.325 e. The minimum atomic E-state index is -1.06. The summed E-state index contributed by atoms with van der Waals surface area (Å²) in [4.78, 5) is 39.1. The lowest BCUT2D eigenvalue weighted by atomic mass is 9.87. The summed E-state index contributed by atoms with van der Waals surface area (Å²) in [5.74, 6) is -0.515. The van der Waals surface area contributed by atoms with E-state index in [2.05, 4.69) is 16.7 Å². The van der Waals surface area contributed by atoms with Crippen molar-refractivity contribution in [1.82, 2.24) is 10.2 Å². The molecule has 29 heavy (non-hydrogen) atoms. The van der Waals surface area contributed by atoms with E-state index in [1.807, 2.05) is 49.4 Å². The van der Waals surface area contributed by atoms with Crippen molar-refractivity contribution in [2.75, 3.05) is 11.9 Å². The van der Waals surface area contributed by atoms with E-state index >= 15 is 0 Å². The van der Waals surface area contributed by atoms with E-state index in [1.54, 1.807) is 0 Å². The summed E-state index contributed by atoms with van der Waals surface area (Å²) in [6.45, 7) is 1.92. The summed E-state index contributed by atoms with van der Waals surface area (Å²) >= 11 is 0. The number of hydrogen-bond acceptors (Lipinski definition) is 3. The molecule has 1 unspecified atom stereocenters. The van der Waals surface area contributed by atoms with Gasteiger partial charge in [0.05, 0.1) is 0 Å². The van der Waals surface area contributed by atoms with Gasteiger partial charge < -0.3 is 10.6 Å². The first-order valence-electron chi connectivity index (χ1n) is 10.1. The number of benzene rings is 2. The molecule has 1 heterocycles. The molecule has 0 radical (unpaired) electrons. The van der Waals surface area contributed by atoms with E-state index in [4.69, 9.17) is 0 Å². The number of nitrogens with zero attached hydrogens (tertiary/aromatic N) is 1. The van der Waals surface area contributed by atoms with Crippen LogP contribution in [0.25, 0.3) is 0 Å². The van der Waals surface area contributed by atoms with Crippen LogP contribution in [0.3, 0.4) is 0 Å².